The van der Waals surface area contributed by atoms with Gasteiger partial charge in [0.2, 0.25) is 5.91 Å². The molecule has 0 aromatic heterocycles. The predicted molar refractivity (Wildman–Crippen MR) is 64.3 cm³/mol. The number of amides is 1. The molecule has 4 heteroatoms. The molecule has 1 rings (SSSR count). The van der Waals surface area contributed by atoms with Crippen molar-refractivity contribution in [2.45, 2.75) is 33.3 Å². The summed E-state index contributed by atoms with van der Waals surface area (Å²) in [6, 6.07) is 0. The average molecular weight is 228 g/mol. The van der Waals surface area contributed by atoms with Crippen molar-refractivity contribution < 1.29 is 9.53 Å². The summed E-state index contributed by atoms with van der Waals surface area (Å²) in [6.07, 6.45) is 1.31. The largest absolute Gasteiger partial charge is 0.369 e. The van der Waals surface area contributed by atoms with Crippen LogP contribution in [-0.2, 0) is 9.53 Å². The lowest BCUT2D eigenvalue weighted by Crippen LogP contribution is -2.34. The summed E-state index contributed by atoms with van der Waals surface area (Å²) in [5, 5.41) is 2.93. The van der Waals surface area contributed by atoms with E-state index in [0.29, 0.717) is 5.92 Å². The lowest BCUT2D eigenvalue weighted by atomic mass is 10.1. The second kappa shape index (κ2) is 6.86. The molecule has 94 valence electrons. The number of hydrogen-bond acceptors (Lipinski definition) is 3. The smallest absolute Gasteiger partial charge is 0.246 e. The van der Waals surface area contributed by atoms with Gasteiger partial charge in [0.05, 0.1) is 6.10 Å². The minimum atomic E-state index is 0.00338. The van der Waals surface area contributed by atoms with E-state index in [4.69, 9.17) is 4.74 Å². The fourth-order valence-corrected chi connectivity index (χ4v) is 1.92. The van der Waals surface area contributed by atoms with E-state index >= 15 is 0 Å². The third kappa shape index (κ3) is 4.94. The molecular formula is C12H24N2O2. The van der Waals surface area contributed by atoms with Gasteiger partial charge in [0.25, 0.3) is 0 Å². The first kappa shape index (κ1) is 13.5. The van der Waals surface area contributed by atoms with E-state index in [1.165, 1.54) is 13.0 Å². The van der Waals surface area contributed by atoms with Gasteiger partial charge in [-0.2, -0.15) is 0 Å². The number of rotatable bonds is 6. The molecule has 1 aliphatic rings. The molecule has 0 spiro atoms. The first-order valence-corrected chi connectivity index (χ1v) is 6.22. The number of likely N-dealkylation sites (tertiary alicyclic amines) is 1. The van der Waals surface area contributed by atoms with Crippen molar-refractivity contribution in [1.82, 2.24) is 10.2 Å². The van der Waals surface area contributed by atoms with Gasteiger partial charge in [-0.3, -0.25) is 4.79 Å². The third-order valence-electron chi connectivity index (χ3n) is 2.95. The zero-order chi connectivity index (χ0) is 12.0. The molecule has 1 aliphatic heterocycles. The standard InChI is InChI=1S/C12H24N2O2/c1-4-14-6-5-11(8-14)7-13-12(15)9-16-10(2)3/h10-11H,4-9H2,1-3H3,(H,13,15). The molecule has 1 fully saturated rings. The van der Waals surface area contributed by atoms with E-state index in [1.807, 2.05) is 13.8 Å². The van der Waals surface area contributed by atoms with Crippen molar-refractivity contribution in [3.63, 3.8) is 0 Å². The number of carbonyl (C=O) groups is 1. The molecule has 0 aromatic rings. The Morgan fingerprint density at radius 3 is 2.88 bits per heavy atom. The van der Waals surface area contributed by atoms with Crippen LogP contribution in [0, 0.1) is 5.92 Å². The van der Waals surface area contributed by atoms with Crippen molar-refractivity contribution in [3.05, 3.63) is 0 Å². The van der Waals surface area contributed by atoms with Crippen LogP contribution in [-0.4, -0.2) is 49.7 Å². The highest BCUT2D eigenvalue weighted by atomic mass is 16.5. The first-order chi connectivity index (χ1) is 7.61. The van der Waals surface area contributed by atoms with Crippen LogP contribution in [0.1, 0.15) is 27.2 Å². The topological polar surface area (TPSA) is 41.6 Å². The molecule has 0 aliphatic carbocycles. The third-order valence-corrected chi connectivity index (χ3v) is 2.95. The maximum absolute atomic E-state index is 11.4. The molecule has 0 aromatic carbocycles. The highest BCUT2D eigenvalue weighted by molar-refractivity contribution is 5.77. The Kier molecular flexibility index (Phi) is 5.77. The van der Waals surface area contributed by atoms with E-state index in [1.54, 1.807) is 0 Å². The van der Waals surface area contributed by atoms with Crippen LogP contribution >= 0.6 is 0 Å². The van der Waals surface area contributed by atoms with Gasteiger partial charge in [0, 0.05) is 13.1 Å². The Morgan fingerprint density at radius 1 is 1.56 bits per heavy atom. The monoisotopic (exact) mass is 228 g/mol. The summed E-state index contributed by atoms with van der Waals surface area (Å²) in [6.45, 7) is 10.4. The summed E-state index contributed by atoms with van der Waals surface area (Å²) in [5.74, 6) is 0.617. The van der Waals surface area contributed by atoms with Gasteiger partial charge in [0.15, 0.2) is 0 Å². The van der Waals surface area contributed by atoms with Crippen molar-refractivity contribution >= 4 is 5.91 Å². The summed E-state index contributed by atoms with van der Waals surface area (Å²) >= 11 is 0. The molecule has 4 nitrogen and oxygen atoms in total. The molecule has 16 heavy (non-hydrogen) atoms. The molecule has 1 heterocycles. The summed E-state index contributed by atoms with van der Waals surface area (Å²) in [7, 11) is 0. The minimum Gasteiger partial charge on any atom is -0.369 e. The maximum Gasteiger partial charge on any atom is 0.246 e. The highest BCUT2D eigenvalue weighted by Gasteiger charge is 2.21. The lowest BCUT2D eigenvalue weighted by Gasteiger charge is -2.14. The van der Waals surface area contributed by atoms with Crippen molar-refractivity contribution in [3.8, 4) is 0 Å². The molecule has 1 saturated heterocycles. The Morgan fingerprint density at radius 2 is 2.31 bits per heavy atom. The van der Waals surface area contributed by atoms with E-state index < -0.39 is 0 Å². The van der Waals surface area contributed by atoms with E-state index in [2.05, 4.69) is 17.1 Å². The van der Waals surface area contributed by atoms with Gasteiger partial charge >= 0.3 is 0 Å². The lowest BCUT2D eigenvalue weighted by molar-refractivity contribution is -0.127. The summed E-state index contributed by atoms with van der Waals surface area (Å²) in [4.78, 5) is 13.8. The van der Waals surface area contributed by atoms with Gasteiger partial charge in [-0.25, -0.2) is 0 Å². The second-order valence-corrected chi connectivity index (χ2v) is 4.71. The molecule has 1 amide bonds. The van der Waals surface area contributed by atoms with E-state index in [0.717, 1.165) is 19.6 Å². The molecular weight excluding hydrogens is 204 g/mol. The maximum atomic E-state index is 11.4. The van der Waals surface area contributed by atoms with E-state index in [-0.39, 0.29) is 18.6 Å². The Hall–Kier alpha value is -0.610. The zero-order valence-electron chi connectivity index (χ0n) is 10.7. The number of ether oxygens (including phenoxy) is 1. The van der Waals surface area contributed by atoms with Gasteiger partial charge in [0.1, 0.15) is 6.61 Å². The molecule has 0 radical (unpaired) electrons. The summed E-state index contributed by atoms with van der Waals surface area (Å²) < 4.78 is 5.24. The molecule has 1 atom stereocenters. The summed E-state index contributed by atoms with van der Waals surface area (Å²) in [5.41, 5.74) is 0. The minimum absolute atomic E-state index is 0.00338. The number of carbonyl (C=O) groups excluding carboxylic acids is 1. The normalized spacial score (nSPS) is 21.6. The SMILES string of the molecule is CCN1CCC(CNC(=O)COC(C)C)C1. The van der Waals surface area contributed by atoms with Crippen molar-refractivity contribution in [1.29, 1.82) is 0 Å². The van der Waals surface area contributed by atoms with Crippen molar-refractivity contribution in [2.24, 2.45) is 5.92 Å². The van der Waals surface area contributed by atoms with Gasteiger partial charge in [-0.15, -0.1) is 0 Å². The second-order valence-electron chi connectivity index (χ2n) is 4.71. The number of hydrogen-bond donors (Lipinski definition) is 1. The van der Waals surface area contributed by atoms with Crippen molar-refractivity contribution in [2.75, 3.05) is 32.8 Å². The Balaban J connectivity index is 2.08. The first-order valence-electron chi connectivity index (χ1n) is 6.22. The zero-order valence-corrected chi connectivity index (χ0v) is 10.7. The van der Waals surface area contributed by atoms with Crippen LogP contribution < -0.4 is 5.32 Å². The highest BCUT2D eigenvalue weighted by Crippen LogP contribution is 2.14. The number of nitrogens with one attached hydrogen (secondary N) is 1. The van der Waals surface area contributed by atoms with Crippen LogP contribution in [0.4, 0.5) is 0 Å². The average Bonchev–Trinajstić information content (AvgIpc) is 2.71. The van der Waals surface area contributed by atoms with Crippen LogP contribution in [0.2, 0.25) is 0 Å². The quantitative estimate of drug-likeness (QED) is 0.733. The molecule has 0 bridgehead atoms. The molecule has 0 saturated carbocycles. The fourth-order valence-electron chi connectivity index (χ4n) is 1.92. The fraction of sp³-hybridized carbons (Fsp3) is 0.917. The number of nitrogens with zero attached hydrogens (tertiary/aromatic N) is 1. The molecule has 1 N–H and O–H groups in total. The predicted octanol–water partition coefficient (Wildman–Crippen LogP) is 0.869. The molecule has 1 unspecified atom stereocenters. The van der Waals surface area contributed by atoms with Crippen LogP contribution in [0.5, 0.6) is 0 Å². The van der Waals surface area contributed by atoms with Crippen LogP contribution in [0.15, 0.2) is 0 Å². The van der Waals surface area contributed by atoms with E-state index in [9.17, 15) is 4.79 Å². The van der Waals surface area contributed by atoms with Crippen LogP contribution in [0.25, 0.3) is 0 Å². The van der Waals surface area contributed by atoms with Crippen LogP contribution in [0.3, 0.4) is 0 Å². The Bertz CT molecular complexity index is 219. The Labute approximate surface area is 98.3 Å². The van der Waals surface area contributed by atoms with Gasteiger partial charge in [-0.1, -0.05) is 6.92 Å². The van der Waals surface area contributed by atoms with Gasteiger partial charge < -0.3 is 15.0 Å². The van der Waals surface area contributed by atoms with Gasteiger partial charge in [-0.05, 0) is 39.3 Å².